The van der Waals surface area contributed by atoms with Crippen LogP contribution in [0.5, 0.6) is 0 Å². The molecule has 0 unspecified atom stereocenters. The smallest absolute Gasteiger partial charge is 0.317 e. The first-order chi connectivity index (χ1) is 8.84. The number of amides is 2. The van der Waals surface area contributed by atoms with Crippen molar-refractivity contribution in [2.45, 2.75) is 39.7 Å². The van der Waals surface area contributed by atoms with Gasteiger partial charge in [0.05, 0.1) is 0 Å². The van der Waals surface area contributed by atoms with Crippen molar-refractivity contribution in [1.29, 1.82) is 0 Å². The quantitative estimate of drug-likeness (QED) is 0.891. The molecule has 2 amide bonds. The lowest BCUT2D eigenvalue weighted by Crippen LogP contribution is -2.50. The molecule has 19 heavy (non-hydrogen) atoms. The molecule has 0 aliphatic carbocycles. The number of hydrogen-bond acceptors (Lipinski definition) is 1. The topological polar surface area (TPSA) is 32.3 Å². The molecule has 0 spiro atoms. The minimum absolute atomic E-state index is 0.0774. The number of benzene rings is 1. The monoisotopic (exact) mass is 266 g/mol. The molecular formula is C15H23FN2O. The van der Waals surface area contributed by atoms with Gasteiger partial charge >= 0.3 is 6.03 Å². The second-order valence-electron chi connectivity index (χ2n) is 5.53. The van der Waals surface area contributed by atoms with Gasteiger partial charge in [0.25, 0.3) is 0 Å². The van der Waals surface area contributed by atoms with Gasteiger partial charge in [-0.1, -0.05) is 12.1 Å². The van der Waals surface area contributed by atoms with E-state index in [1.54, 1.807) is 11.0 Å². The maximum Gasteiger partial charge on any atom is 0.317 e. The number of carbonyl (C=O) groups is 1. The van der Waals surface area contributed by atoms with Crippen LogP contribution in [0.4, 0.5) is 9.18 Å². The van der Waals surface area contributed by atoms with E-state index in [1.807, 2.05) is 33.8 Å². The first-order valence-electron chi connectivity index (χ1n) is 6.64. The number of nitrogens with one attached hydrogen (secondary N) is 1. The zero-order valence-corrected chi connectivity index (χ0v) is 12.2. The average molecular weight is 266 g/mol. The number of halogens is 1. The summed E-state index contributed by atoms with van der Waals surface area (Å²) in [5, 5.41) is 2.87. The largest absolute Gasteiger partial charge is 0.338 e. The van der Waals surface area contributed by atoms with Crippen LogP contribution in [0.1, 0.15) is 33.3 Å². The normalized spacial score (nSPS) is 11.2. The van der Waals surface area contributed by atoms with Crippen molar-refractivity contribution in [2.75, 3.05) is 13.1 Å². The number of hydrogen-bond donors (Lipinski definition) is 1. The molecule has 0 aliphatic rings. The molecule has 0 atom stereocenters. The average Bonchev–Trinajstić information content (AvgIpc) is 2.28. The van der Waals surface area contributed by atoms with E-state index in [2.05, 4.69) is 5.32 Å². The second-order valence-corrected chi connectivity index (χ2v) is 5.53. The summed E-state index contributed by atoms with van der Waals surface area (Å²) in [7, 11) is 0. The van der Waals surface area contributed by atoms with Crippen molar-refractivity contribution >= 4 is 6.03 Å². The predicted octanol–water partition coefficient (Wildman–Crippen LogP) is 3.20. The van der Waals surface area contributed by atoms with E-state index in [9.17, 15) is 9.18 Å². The van der Waals surface area contributed by atoms with Crippen LogP contribution in [0.15, 0.2) is 24.3 Å². The Labute approximate surface area is 114 Å². The lowest BCUT2D eigenvalue weighted by molar-refractivity contribution is 0.150. The van der Waals surface area contributed by atoms with Crippen LogP contribution in [0.25, 0.3) is 0 Å². The minimum atomic E-state index is -0.242. The Morgan fingerprint density at radius 2 is 2.05 bits per heavy atom. The van der Waals surface area contributed by atoms with Gasteiger partial charge in [-0.15, -0.1) is 0 Å². The zero-order valence-electron chi connectivity index (χ0n) is 12.2. The van der Waals surface area contributed by atoms with Crippen LogP contribution < -0.4 is 5.32 Å². The van der Waals surface area contributed by atoms with E-state index >= 15 is 0 Å². The standard InChI is InChI=1S/C15H23FN2O/c1-5-18(15(2,3)4)14(19)17-10-9-12-7-6-8-13(16)11-12/h6-8,11H,5,9-10H2,1-4H3,(H,17,19). The highest BCUT2D eigenvalue weighted by molar-refractivity contribution is 5.74. The molecule has 3 nitrogen and oxygen atoms in total. The fourth-order valence-corrected chi connectivity index (χ4v) is 2.02. The molecule has 4 heteroatoms. The van der Waals surface area contributed by atoms with Crippen molar-refractivity contribution in [3.63, 3.8) is 0 Å². The maximum absolute atomic E-state index is 13.0. The molecule has 1 N–H and O–H groups in total. The molecule has 1 rings (SSSR count). The van der Waals surface area contributed by atoms with Crippen molar-refractivity contribution < 1.29 is 9.18 Å². The Morgan fingerprint density at radius 1 is 1.37 bits per heavy atom. The first-order valence-corrected chi connectivity index (χ1v) is 6.64. The third kappa shape index (κ3) is 4.89. The molecule has 1 aromatic rings. The molecule has 0 bridgehead atoms. The molecule has 0 radical (unpaired) electrons. The highest BCUT2D eigenvalue weighted by atomic mass is 19.1. The third-order valence-electron chi connectivity index (χ3n) is 2.95. The summed E-state index contributed by atoms with van der Waals surface area (Å²) in [4.78, 5) is 13.8. The summed E-state index contributed by atoms with van der Waals surface area (Å²) in [5.74, 6) is -0.242. The van der Waals surface area contributed by atoms with Crippen molar-refractivity contribution in [3.8, 4) is 0 Å². The van der Waals surface area contributed by atoms with Crippen LogP contribution in [0, 0.1) is 5.82 Å². The Balaban J connectivity index is 2.46. The fraction of sp³-hybridized carbons (Fsp3) is 0.533. The number of rotatable bonds is 4. The molecule has 1 aromatic carbocycles. The van der Waals surface area contributed by atoms with E-state index in [0.29, 0.717) is 19.5 Å². The van der Waals surface area contributed by atoms with E-state index < -0.39 is 0 Å². The molecule has 0 heterocycles. The van der Waals surface area contributed by atoms with Gasteiger partial charge in [0.2, 0.25) is 0 Å². The Hall–Kier alpha value is -1.58. The predicted molar refractivity (Wildman–Crippen MR) is 75.6 cm³/mol. The Morgan fingerprint density at radius 3 is 2.58 bits per heavy atom. The molecule has 0 saturated carbocycles. The maximum atomic E-state index is 13.0. The molecule has 0 aromatic heterocycles. The molecule has 0 aliphatic heterocycles. The molecule has 106 valence electrons. The summed E-state index contributed by atoms with van der Waals surface area (Å²) in [6.07, 6.45) is 0.630. The number of urea groups is 1. The molecule has 0 fully saturated rings. The Bertz CT molecular complexity index is 426. The lowest BCUT2D eigenvalue weighted by Gasteiger charge is -2.34. The van der Waals surface area contributed by atoms with E-state index in [-0.39, 0.29) is 17.4 Å². The highest BCUT2D eigenvalue weighted by Gasteiger charge is 2.24. The van der Waals surface area contributed by atoms with Gasteiger partial charge in [-0.25, -0.2) is 9.18 Å². The minimum Gasteiger partial charge on any atom is -0.338 e. The first kappa shape index (κ1) is 15.5. The summed E-state index contributed by atoms with van der Waals surface area (Å²) in [6, 6.07) is 6.37. The molecular weight excluding hydrogens is 243 g/mol. The van der Waals surface area contributed by atoms with Crippen LogP contribution in [-0.4, -0.2) is 29.6 Å². The summed E-state index contributed by atoms with van der Waals surface area (Å²) >= 11 is 0. The SMILES string of the molecule is CCN(C(=O)NCCc1cccc(F)c1)C(C)(C)C. The van der Waals surface area contributed by atoms with Crippen LogP contribution in [0.3, 0.4) is 0 Å². The van der Waals surface area contributed by atoms with Gasteiger partial charge in [-0.2, -0.15) is 0 Å². The number of carbonyl (C=O) groups excluding carboxylic acids is 1. The van der Waals surface area contributed by atoms with Gasteiger partial charge in [0, 0.05) is 18.6 Å². The van der Waals surface area contributed by atoms with E-state index in [0.717, 1.165) is 5.56 Å². The summed E-state index contributed by atoms with van der Waals surface area (Å²) in [5.41, 5.74) is 0.691. The second kappa shape index (κ2) is 6.55. The Kier molecular flexibility index (Phi) is 5.33. The van der Waals surface area contributed by atoms with Gasteiger partial charge < -0.3 is 10.2 Å². The van der Waals surface area contributed by atoms with Crippen molar-refractivity contribution in [2.24, 2.45) is 0 Å². The lowest BCUT2D eigenvalue weighted by atomic mass is 10.1. The third-order valence-corrected chi connectivity index (χ3v) is 2.95. The van der Waals surface area contributed by atoms with Crippen LogP contribution in [-0.2, 0) is 6.42 Å². The number of nitrogens with zero attached hydrogens (tertiary/aromatic N) is 1. The summed E-state index contributed by atoms with van der Waals surface area (Å²) in [6.45, 7) is 9.13. The summed E-state index contributed by atoms with van der Waals surface area (Å²) < 4.78 is 13.0. The van der Waals surface area contributed by atoms with Gasteiger partial charge in [0.15, 0.2) is 0 Å². The van der Waals surface area contributed by atoms with Gasteiger partial charge in [0.1, 0.15) is 5.82 Å². The van der Waals surface area contributed by atoms with Crippen LogP contribution >= 0.6 is 0 Å². The molecule has 0 saturated heterocycles. The zero-order chi connectivity index (χ0) is 14.5. The van der Waals surface area contributed by atoms with Gasteiger partial charge in [-0.05, 0) is 51.8 Å². The van der Waals surface area contributed by atoms with Crippen LogP contribution in [0.2, 0.25) is 0 Å². The van der Waals surface area contributed by atoms with E-state index in [1.165, 1.54) is 12.1 Å². The highest BCUT2D eigenvalue weighted by Crippen LogP contribution is 2.12. The van der Waals surface area contributed by atoms with E-state index in [4.69, 9.17) is 0 Å². The van der Waals surface area contributed by atoms with Crippen molar-refractivity contribution in [1.82, 2.24) is 10.2 Å². The fourth-order valence-electron chi connectivity index (χ4n) is 2.02. The van der Waals surface area contributed by atoms with Gasteiger partial charge in [-0.3, -0.25) is 0 Å². The van der Waals surface area contributed by atoms with Crippen molar-refractivity contribution in [3.05, 3.63) is 35.6 Å².